The van der Waals surface area contributed by atoms with Gasteiger partial charge in [0.1, 0.15) is 11.4 Å². The molecule has 2 aliphatic carbocycles. The largest absolute Gasteiger partial charge is 0.390 e. The number of β-amino-alcohol motifs (C(OH)–C–C–N with tert-alkyl or cyclic N) is 1. The number of halogens is 1. The van der Waals surface area contributed by atoms with Crippen LogP contribution < -0.4 is 10.6 Å². The SMILES string of the molecule is NC[C@@H](O)CN1CN(c2ccc(F)cc2)C2(CCN(C3CCC4CCCc5cccc3c54)CC2)C1=O. The standard InChI is InChI=1S/C29H37FN4O2/c30-22-8-10-23(11-9-22)34-19-33(18-24(35)17-31)28(36)29(34)13-15-32(16-14-29)26-12-7-21-4-1-3-20-5-2-6-25(26)27(20)21/h2,5-6,8-11,21,24,26,35H,1,3-4,7,12-19,31H2/t21?,24-,26?/m1/s1. The highest BCUT2D eigenvalue weighted by Crippen LogP contribution is 2.48. The maximum atomic E-state index is 13.8. The average Bonchev–Trinajstić information content (AvgIpc) is 3.16. The van der Waals surface area contributed by atoms with Crippen molar-refractivity contribution >= 4 is 11.6 Å². The van der Waals surface area contributed by atoms with E-state index in [1.165, 1.54) is 49.8 Å². The lowest BCUT2D eigenvalue weighted by Crippen LogP contribution is -2.57. The van der Waals surface area contributed by atoms with Crippen molar-refractivity contribution in [3.05, 3.63) is 65.0 Å². The van der Waals surface area contributed by atoms with Crippen molar-refractivity contribution in [1.82, 2.24) is 9.80 Å². The number of carbonyl (C=O) groups is 1. The number of aryl methyl sites for hydroxylation is 1. The summed E-state index contributed by atoms with van der Waals surface area (Å²) in [5, 5.41) is 10.2. The first-order valence-corrected chi connectivity index (χ1v) is 13.6. The van der Waals surface area contributed by atoms with Crippen molar-refractivity contribution in [2.75, 3.05) is 37.7 Å². The van der Waals surface area contributed by atoms with Crippen molar-refractivity contribution in [3.63, 3.8) is 0 Å². The van der Waals surface area contributed by atoms with E-state index < -0.39 is 11.6 Å². The molecular weight excluding hydrogens is 455 g/mol. The molecule has 6 rings (SSSR count). The summed E-state index contributed by atoms with van der Waals surface area (Å²) in [5.41, 5.74) is 10.5. The van der Waals surface area contributed by atoms with Gasteiger partial charge in [-0.15, -0.1) is 0 Å². The predicted molar refractivity (Wildman–Crippen MR) is 138 cm³/mol. The van der Waals surface area contributed by atoms with Crippen LogP contribution in [-0.4, -0.2) is 65.3 Å². The van der Waals surface area contributed by atoms with Crippen LogP contribution in [0.25, 0.3) is 0 Å². The third-order valence-electron chi connectivity index (χ3n) is 9.21. The Morgan fingerprint density at radius 2 is 1.86 bits per heavy atom. The molecule has 1 amide bonds. The Hall–Kier alpha value is -2.48. The van der Waals surface area contributed by atoms with E-state index >= 15 is 0 Å². The Morgan fingerprint density at radius 1 is 1.08 bits per heavy atom. The van der Waals surface area contributed by atoms with Crippen LogP contribution in [0.2, 0.25) is 0 Å². The van der Waals surface area contributed by atoms with Crippen LogP contribution in [0, 0.1) is 5.82 Å². The number of aliphatic hydroxyl groups excluding tert-OH is 1. The van der Waals surface area contributed by atoms with Crippen molar-refractivity contribution in [2.45, 2.75) is 68.5 Å². The van der Waals surface area contributed by atoms with Crippen molar-refractivity contribution in [1.29, 1.82) is 0 Å². The van der Waals surface area contributed by atoms with Gasteiger partial charge in [-0.1, -0.05) is 18.2 Å². The zero-order chi connectivity index (χ0) is 24.9. The van der Waals surface area contributed by atoms with Crippen LogP contribution in [0.1, 0.15) is 67.2 Å². The highest BCUT2D eigenvalue weighted by molar-refractivity contribution is 5.93. The molecule has 2 unspecified atom stereocenters. The Balaban J connectivity index is 1.26. The number of piperidine rings is 1. The van der Waals surface area contributed by atoms with E-state index in [-0.39, 0.29) is 24.8 Å². The zero-order valence-electron chi connectivity index (χ0n) is 20.9. The van der Waals surface area contributed by atoms with Gasteiger partial charge in [-0.05, 0) is 91.8 Å². The Bertz CT molecular complexity index is 1110. The Morgan fingerprint density at radius 3 is 2.61 bits per heavy atom. The van der Waals surface area contributed by atoms with Gasteiger partial charge in [0.2, 0.25) is 5.91 Å². The van der Waals surface area contributed by atoms with E-state index in [2.05, 4.69) is 28.0 Å². The molecule has 2 saturated heterocycles. The molecule has 0 aromatic heterocycles. The fourth-order valence-corrected chi connectivity index (χ4v) is 7.39. The van der Waals surface area contributed by atoms with Crippen LogP contribution >= 0.6 is 0 Å². The van der Waals surface area contributed by atoms with Gasteiger partial charge >= 0.3 is 0 Å². The summed E-state index contributed by atoms with van der Waals surface area (Å²) in [4.78, 5) is 20.3. The molecule has 192 valence electrons. The smallest absolute Gasteiger partial charge is 0.250 e. The van der Waals surface area contributed by atoms with E-state index in [9.17, 15) is 14.3 Å². The summed E-state index contributed by atoms with van der Waals surface area (Å²) in [6.45, 7) is 2.41. The van der Waals surface area contributed by atoms with Crippen LogP contribution in [-0.2, 0) is 11.2 Å². The number of carbonyl (C=O) groups excluding carboxylic acids is 1. The molecule has 7 heteroatoms. The van der Waals surface area contributed by atoms with Crippen molar-refractivity contribution < 1.29 is 14.3 Å². The number of nitrogens with two attached hydrogens (primary N) is 1. The third-order valence-corrected chi connectivity index (χ3v) is 9.21. The quantitative estimate of drug-likeness (QED) is 0.668. The highest BCUT2D eigenvalue weighted by atomic mass is 19.1. The molecule has 36 heavy (non-hydrogen) atoms. The second-order valence-electron chi connectivity index (χ2n) is 11.1. The molecule has 3 N–H and O–H groups in total. The number of anilines is 1. The molecule has 4 aliphatic rings. The van der Waals surface area contributed by atoms with Gasteiger partial charge in [-0.2, -0.15) is 0 Å². The number of rotatable bonds is 5. The lowest BCUT2D eigenvalue weighted by Gasteiger charge is -2.47. The number of hydrogen-bond acceptors (Lipinski definition) is 5. The highest BCUT2D eigenvalue weighted by Gasteiger charge is 2.54. The third kappa shape index (κ3) is 3.92. The first kappa shape index (κ1) is 23.9. The minimum absolute atomic E-state index is 0.0553. The minimum Gasteiger partial charge on any atom is -0.390 e. The van der Waals surface area contributed by atoms with Gasteiger partial charge in [0.15, 0.2) is 0 Å². The van der Waals surface area contributed by atoms with Gasteiger partial charge in [-0.25, -0.2) is 4.39 Å². The molecule has 0 saturated carbocycles. The summed E-state index contributed by atoms with van der Waals surface area (Å²) in [5.74, 6) is 0.482. The van der Waals surface area contributed by atoms with Crippen molar-refractivity contribution in [3.8, 4) is 0 Å². The zero-order valence-corrected chi connectivity index (χ0v) is 20.9. The molecule has 1 spiro atoms. The molecule has 2 heterocycles. The van der Waals surface area contributed by atoms with Gasteiger partial charge in [-0.3, -0.25) is 9.69 Å². The van der Waals surface area contributed by atoms with E-state index in [4.69, 9.17) is 5.73 Å². The second kappa shape index (κ2) is 9.43. The molecule has 2 aliphatic heterocycles. The van der Waals surface area contributed by atoms with Crippen LogP contribution in [0.15, 0.2) is 42.5 Å². The molecule has 6 nitrogen and oxygen atoms in total. The number of likely N-dealkylation sites (tertiary alicyclic amines) is 1. The summed E-state index contributed by atoms with van der Waals surface area (Å²) in [6, 6.07) is 13.7. The molecular formula is C29H37FN4O2. The summed E-state index contributed by atoms with van der Waals surface area (Å²) in [6.07, 6.45) is 6.92. The Labute approximate surface area is 212 Å². The minimum atomic E-state index is -0.751. The number of amides is 1. The summed E-state index contributed by atoms with van der Waals surface area (Å²) >= 11 is 0. The monoisotopic (exact) mass is 492 g/mol. The normalized spacial score (nSPS) is 26.4. The van der Waals surface area contributed by atoms with E-state index in [0.717, 1.165) is 18.8 Å². The maximum absolute atomic E-state index is 13.8. The fraction of sp³-hybridized carbons (Fsp3) is 0.552. The van der Waals surface area contributed by atoms with Gasteiger partial charge < -0.3 is 20.6 Å². The summed E-state index contributed by atoms with van der Waals surface area (Å²) < 4.78 is 13.7. The first-order valence-electron chi connectivity index (χ1n) is 13.6. The molecule has 2 fully saturated rings. The number of benzene rings is 2. The average molecular weight is 493 g/mol. The van der Waals surface area contributed by atoms with Crippen molar-refractivity contribution in [2.24, 2.45) is 5.73 Å². The first-order chi connectivity index (χ1) is 17.5. The predicted octanol–water partition coefficient (Wildman–Crippen LogP) is 3.54. The van der Waals surface area contributed by atoms with E-state index in [1.807, 2.05) is 0 Å². The van der Waals surface area contributed by atoms with Crippen LogP contribution in [0.4, 0.5) is 10.1 Å². The Kier molecular flexibility index (Phi) is 6.26. The molecule has 2 aromatic carbocycles. The fourth-order valence-electron chi connectivity index (χ4n) is 7.39. The van der Waals surface area contributed by atoms with Gasteiger partial charge in [0.25, 0.3) is 0 Å². The lowest BCUT2D eigenvalue weighted by atomic mass is 9.71. The molecule has 2 aromatic rings. The van der Waals surface area contributed by atoms with Crippen LogP contribution in [0.5, 0.6) is 0 Å². The number of nitrogens with zero attached hydrogens (tertiary/aromatic N) is 3. The molecule has 0 bridgehead atoms. The van der Waals surface area contributed by atoms with Crippen LogP contribution in [0.3, 0.4) is 0 Å². The second-order valence-corrected chi connectivity index (χ2v) is 11.1. The maximum Gasteiger partial charge on any atom is 0.250 e. The molecule has 0 radical (unpaired) electrons. The lowest BCUT2D eigenvalue weighted by molar-refractivity contribution is -0.135. The van der Waals surface area contributed by atoms with Gasteiger partial charge in [0.05, 0.1) is 12.8 Å². The van der Waals surface area contributed by atoms with E-state index in [1.54, 1.807) is 28.2 Å². The molecule has 3 atom stereocenters. The van der Waals surface area contributed by atoms with Gasteiger partial charge in [0, 0.05) is 37.9 Å². The topological polar surface area (TPSA) is 73.0 Å². The number of hydrogen-bond donors (Lipinski definition) is 2. The summed E-state index contributed by atoms with van der Waals surface area (Å²) in [7, 11) is 0. The number of aliphatic hydroxyl groups is 1. The van der Waals surface area contributed by atoms with E-state index in [0.29, 0.717) is 31.5 Å².